The van der Waals surface area contributed by atoms with Crippen molar-refractivity contribution in [2.75, 3.05) is 0 Å². The Kier molecular flexibility index (Phi) is 6.15. The molecule has 0 saturated carbocycles. The minimum atomic E-state index is 0.563. The molecule has 0 bridgehead atoms. The van der Waals surface area contributed by atoms with Crippen LogP contribution in [0, 0.1) is 0 Å². The quantitative estimate of drug-likeness (QED) is 0.186. The Morgan fingerprint density at radius 1 is 0.365 bits per heavy atom. The maximum atomic E-state index is 6.27. The van der Waals surface area contributed by atoms with Crippen molar-refractivity contribution >= 4 is 65.4 Å². The number of nitrogens with zero attached hydrogens (tertiary/aromatic N) is 4. The van der Waals surface area contributed by atoms with E-state index in [0.29, 0.717) is 17.5 Å². The van der Waals surface area contributed by atoms with Crippen LogP contribution in [0.1, 0.15) is 0 Å². The highest BCUT2D eigenvalue weighted by atomic mass is 16.3. The van der Waals surface area contributed by atoms with Gasteiger partial charge < -0.3 is 8.83 Å². The van der Waals surface area contributed by atoms with Gasteiger partial charge in [0.15, 0.2) is 17.5 Å². The molecule has 0 N–H and O–H groups in total. The first-order valence-corrected chi connectivity index (χ1v) is 17.2. The van der Waals surface area contributed by atoms with Crippen molar-refractivity contribution in [1.29, 1.82) is 0 Å². The lowest BCUT2D eigenvalue weighted by atomic mass is 9.92. The van der Waals surface area contributed by atoms with Gasteiger partial charge >= 0.3 is 0 Å². The number of hydrogen-bond acceptors (Lipinski definition) is 6. The van der Waals surface area contributed by atoms with Crippen LogP contribution < -0.4 is 0 Å². The van der Waals surface area contributed by atoms with Gasteiger partial charge in [0.05, 0.1) is 0 Å². The summed E-state index contributed by atoms with van der Waals surface area (Å²) < 4.78 is 12.5. The van der Waals surface area contributed by atoms with Gasteiger partial charge in [-0.15, -0.1) is 0 Å². The van der Waals surface area contributed by atoms with Crippen molar-refractivity contribution in [2.45, 2.75) is 0 Å². The summed E-state index contributed by atoms with van der Waals surface area (Å²) in [6, 6.07) is 49.9. The fourth-order valence-corrected chi connectivity index (χ4v) is 7.66. The number of fused-ring (bicyclic) bond motifs is 8. The van der Waals surface area contributed by atoms with E-state index in [1.165, 1.54) is 0 Å². The zero-order valence-corrected chi connectivity index (χ0v) is 27.6. The first kappa shape index (κ1) is 28.6. The molecule has 6 heteroatoms. The van der Waals surface area contributed by atoms with Gasteiger partial charge in [-0.05, 0) is 69.1 Å². The molecule has 0 saturated heterocycles. The fourth-order valence-electron chi connectivity index (χ4n) is 7.66. The highest BCUT2D eigenvalue weighted by molar-refractivity contribution is 6.16. The van der Waals surface area contributed by atoms with Crippen LogP contribution in [0.5, 0.6) is 0 Å². The van der Waals surface area contributed by atoms with Crippen LogP contribution in [-0.2, 0) is 0 Å². The van der Waals surface area contributed by atoms with Crippen LogP contribution in [0.3, 0.4) is 0 Å². The normalized spacial score (nSPS) is 11.8. The molecule has 0 amide bonds. The predicted molar refractivity (Wildman–Crippen MR) is 209 cm³/mol. The molecular formula is C46H26N4O2. The summed E-state index contributed by atoms with van der Waals surface area (Å²) in [6.07, 6.45) is 3.58. The number of aromatic nitrogens is 4. The first-order valence-electron chi connectivity index (χ1n) is 17.2. The molecule has 7 aromatic carbocycles. The lowest BCUT2D eigenvalue weighted by molar-refractivity contribution is 0.668. The van der Waals surface area contributed by atoms with E-state index in [4.69, 9.17) is 23.8 Å². The SMILES string of the molecule is c1ccc2cc(-c3nc(-c4ccc(-c5cccc6oc7ccccc7c56)c5ccccc45)nc(-c4cccc5oc6ccncc6c45)n3)ccc2c1. The molecule has 0 radical (unpaired) electrons. The van der Waals surface area contributed by atoms with E-state index in [1.807, 2.05) is 48.7 Å². The molecule has 0 aliphatic carbocycles. The van der Waals surface area contributed by atoms with Gasteiger partial charge in [0.25, 0.3) is 0 Å². The zero-order chi connectivity index (χ0) is 34.2. The highest BCUT2D eigenvalue weighted by Crippen LogP contribution is 2.42. The van der Waals surface area contributed by atoms with Crippen molar-refractivity contribution in [3.05, 3.63) is 158 Å². The monoisotopic (exact) mass is 666 g/mol. The Morgan fingerprint density at radius 2 is 0.962 bits per heavy atom. The maximum absolute atomic E-state index is 6.27. The number of benzene rings is 7. The minimum Gasteiger partial charge on any atom is -0.456 e. The van der Waals surface area contributed by atoms with Crippen LogP contribution in [0.25, 0.3) is 111 Å². The number of hydrogen-bond donors (Lipinski definition) is 0. The summed E-state index contributed by atoms with van der Waals surface area (Å²) in [4.78, 5) is 20.0. The van der Waals surface area contributed by atoms with E-state index >= 15 is 0 Å². The van der Waals surface area contributed by atoms with E-state index in [2.05, 4.69) is 108 Å². The summed E-state index contributed by atoms with van der Waals surface area (Å²) >= 11 is 0. The van der Waals surface area contributed by atoms with Crippen LogP contribution in [0.15, 0.2) is 167 Å². The summed E-state index contributed by atoms with van der Waals surface area (Å²) in [5.41, 5.74) is 8.18. The number of rotatable bonds is 4. The van der Waals surface area contributed by atoms with E-state index in [0.717, 1.165) is 93.2 Å². The lowest BCUT2D eigenvalue weighted by Gasteiger charge is -2.14. The molecule has 0 aliphatic heterocycles. The highest BCUT2D eigenvalue weighted by Gasteiger charge is 2.21. The van der Waals surface area contributed by atoms with Gasteiger partial charge in [0.2, 0.25) is 0 Å². The standard InChI is InChI=1S/C46H26N4O2/c1-2-10-28-25-29(20-19-27(28)9-1)44-48-45(50-46(49-44)36-15-8-18-41-43(36)37-26-47-24-23-39(37)52-41)34-22-21-32(30-11-3-4-12-31(30)34)33-14-7-17-40-42(33)35-13-5-6-16-38(35)51-40/h1-26H. The molecule has 6 nitrogen and oxygen atoms in total. The van der Waals surface area contributed by atoms with E-state index in [1.54, 1.807) is 6.20 Å². The van der Waals surface area contributed by atoms with Crippen molar-refractivity contribution in [3.8, 4) is 45.3 Å². The molecular weight excluding hydrogens is 641 g/mol. The molecule has 0 spiro atoms. The van der Waals surface area contributed by atoms with Gasteiger partial charge in [-0.2, -0.15) is 0 Å². The molecule has 11 rings (SSSR count). The zero-order valence-electron chi connectivity index (χ0n) is 27.6. The van der Waals surface area contributed by atoms with Gasteiger partial charge in [0.1, 0.15) is 22.3 Å². The van der Waals surface area contributed by atoms with Gasteiger partial charge in [-0.1, -0.05) is 109 Å². The second-order valence-electron chi connectivity index (χ2n) is 13.0. The Labute approximate surface area is 296 Å². The van der Waals surface area contributed by atoms with Crippen molar-refractivity contribution in [3.63, 3.8) is 0 Å². The molecule has 0 aliphatic rings. The van der Waals surface area contributed by atoms with Crippen molar-refractivity contribution < 1.29 is 8.83 Å². The van der Waals surface area contributed by atoms with E-state index in [-0.39, 0.29) is 0 Å². The smallest absolute Gasteiger partial charge is 0.164 e. The van der Waals surface area contributed by atoms with Crippen LogP contribution in [0.2, 0.25) is 0 Å². The Morgan fingerprint density at radius 3 is 1.79 bits per heavy atom. The average Bonchev–Trinajstić information content (AvgIpc) is 3.79. The third kappa shape index (κ3) is 4.38. The maximum Gasteiger partial charge on any atom is 0.164 e. The molecule has 0 fully saturated rings. The largest absolute Gasteiger partial charge is 0.456 e. The minimum absolute atomic E-state index is 0.563. The first-order chi connectivity index (χ1) is 25.8. The van der Waals surface area contributed by atoms with Crippen LogP contribution in [-0.4, -0.2) is 19.9 Å². The lowest BCUT2D eigenvalue weighted by Crippen LogP contribution is -2.01. The molecule has 0 atom stereocenters. The number of furan rings is 2. The number of pyridine rings is 1. The predicted octanol–water partition coefficient (Wildman–Crippen LogP) is 12.0. The second kappa shape index (κ2) is 11.2. The van der Waals surface area contributed by atoms with Crippen molar-refractivity contribution in [1.82, 2.24) is 19.9 Å². The van der Waals surface area contributed by atoms with Gasteiger partial charge in [0, 0.05) is 50.6 Å². The van der Waals surface area contributed by atoms with E-state index in [9.17, 15) is 0 Å². The van der Waals surface area contributed by atoms with Gasteiger partial charge in [-0.25, -0.2) is 15.0 Å². The number of para-hydroxylation sites is 1. The Bertz CT molecular complexity index is 3210. The second-order valence-corrected chi connectivity index (χ2v) is 13.0. The van der Waals surface area contributed by atoms with Gasteiger partial charge in [-0.3, -0.25) is 4.98 Å². The van der Waals surface area contributed by atoms with Crippen LogP contribution >= 0.6 is 0 Å². The van der Waals surface area contributed by atoms with E-state index < -0.39 is 0 Å². The fraction of sp³-hybridized carbons (Fsp3) is 0. The van der Waals surface area contributed by atoms with Crippen LogP contribution in [0.4, 0.5) is 0 Å². The summed E-state index contributed by atoms with van der Waals surface area (Å²) in [7, 11) is 0. The summed E-state index contributed by atoms with van der Waals surface area (Å²) in [5.74, 6) is 1.75. The Hall–Kier alpha value is -7.18. The third-order valence-corrected chi connectivity index (χ3v) is 10.0. The average molecular weight is 667 g/mol. The molecule has 4 aromatic heterocycles. The summed E-state index contributed by atoms with van der Waals surface area (Å²) in [5, 5.41) is 8.46. The molecule has 4 heterocycles. The molecule has 52 heavy (non-hydrogen) atoms. The topological polar surface area (TPSA) is 77.8 Å². The Balaban J connectivity index is 1.17. The molecule has 11 aromatic rings. The summed E-state index contributed by atoms with van der Waals surface area (Å²) in [6.45, 7) is 0. The molecule has 0 unspecified atom stereocenters. The molecule has 242 valence electrons. The van der Waals surface area contributed by atoms with Crippen molar-refractivity contribution in [2.24, 2.45) is 0 Å². The third-order valence-electron chi connectivity index (χ3n) is 10.0.